The molecule has 0 amide bonds. The molecule has 0 saturated heterocycles. The van der Waals surface area contributed by atoms with E-state index in [0.29, 0.717) is 5.92 Å². The van der Waals surface area contributed by atoms with Gasteiger partial charge in [0.05, 0.1) is 6.07 Å². The molecule has 1 saturated carbocycles. The molecule has 0 heterocycles. The standard InChI is InChI=1S/C17H33N3/c1-14(2)8-10-20(11-9-15(3)4)13-17(12-18,19-5)16-6-7-16/h14-16,19H,6-11,13H2,1-5H3. The van der Waals surface area contributed by atoms with Gasteiger partial charge in [0.25, 0.3) is 0 Å². The first-order chi connectivity index (χ1) is 9.43. The van der Waals surface area contributed by atoms with Crippen LogP contribution in [0.3, 0.4) is 0 Å². The van der Waals surface area contributed by atoms with Crippen LogP contribution < -0.4 is 5.32 Å². The molecule has 0 aromatic carbocycles. The van der Waals surface area contributed by atoms with E-state index in [9.17, 15) is 5.26 Å². The Hall–Kier alpha value is -0.590. The topological polar surface area (TPSA) is 39.1 Å². The minimum Gasteiger partial charge on any atom is -0.301 e. The number of hydrogen-bond acceptors (Lipinski definition) is 3. The van der Waals surface area contributed by atoms with Crippen LogP contribution in [0.4, 0.5) is 0 Å². The van der Waals surface area contributed by atoms with Gasteiger partial charge in [-0.15, -0.1) is 0 Å². The fourth-order valence-electron chi connectivity index (χ4n) is 2.68. The average molecular weight is 279 g/mol. The second-order valence-corrected chi connectivity index (χ2v) is 7.25. The highest BCUT2D eigenvalue weighted by molar-refractivity contribution is 5.16. The zero-order chi connectivity index (χ0) is 15.2. The summed E-state index contributed by atoms with van der Waals surface area (Å²) in [6.45, 7) is 12.2. The van der Waals surface area contributed by atoms with Crippen LogP contribution in [0.25, 0.3) is 0 Å². The summed E-state index contributed by atoms with van der Waals surface area (Å²) >= 11 is 0. The van der Waals surface area contributed by atoms with Crippen molar-refractivity contribution in [1.82, 2.24) is 10.2 Å². The molecular formula is C17H33N3. The van der Waals surface area contributed by atoms with E-state index < -0.39 is 0 Å². The van der Waals surface area contributed by atoms with Crippen molar-refractivity contribution in [3.63, 3.8) is 0 Å². The SMILES string of the molecule is CNC(C#N)(CN(CCC(C)C)CCC(C)C)C1CC1. The van der Waals surface area contributed by atoms with E-state index in [0.717, 1.165) is 31.5 Å². The summed E-state index contributed by atoms with van der Waals surface area (Å²) in [6.07, 6.45) is 4.84. The lowest BCUT2D eigenvalue weighted by Crippen LogP contribution is -2.53. The van der Waals surface area contributed by atoms with Crippen molar-refractivity contribution in [3.8, 4) is 6.07 Å². The molecule has 0 bridgehead atoms. The van der Waals surface area contributed by atoms with E-state index in [1.54, 1.807) is 0 Å². The number of nitriles is 1. The van der Waals surface area contributed by atoms with E-state index >= 15 is 0 Å². The number of nitrogens with one attached hydrogen (secondary N) is 1. The molecule has 1 aliphatic rings. The highest BCUT2D eigenvalue weighted by Crippen LogP contribution is 2.39. The van der Waals surface area contributed by atoms with Crippen LogP contribution in [0.5, 0.6) is 0 Å². The van der Waals surface area contributed by atoms with E-state index in [-0.39, 0.29) is 5.54 Å². The number of nitrogens with zero attached hydrogens (tertiary/aromatic N) is 2. The molecule has 1 fully saturated rings. The molecule has 116 valence electrons. The third-order valence-corrected chi connectivity index (χ3v) is 4.44. The van der Waals surface area contributed by atoms with Crippen LogP contribution >= 0.6 is 0 Å². The van der Waals surface area contributed by atoms with Crippen LogP contribution in [0.1, 0.15) is 53.4 Å². The second kappa shape index (κ2) is 8.00. The molecule has 0 spiro atoms. The monoisotopic (exact) mass is 279 g/mol. The van der Waals surface area contributed by atoms with Gasteiger partial charge < -0.3 is 10.2 Å². The third kappa shape index (κ3) is 5.42. The van der Waals surface area contributed by atoms with Gasteiger partial charge in [-0.05, 0) is 63.6 Å². The van der Waals surface area contributed by atoms with Crippen molar-refractivity contribution in [2.24, 2.45) is 17.8 Å². The minimum atomic E-state index is -0.325. The summed E-state index contributed by atoms with van der Waals surface area (Å²) in [5, 5.41) is 13.0. The molecule has 0 aromatic heterocycles. The molecule has 1 atom stereocenters. The van der Waals surface area contributed by atoms with E-state index in [4.69, 9.17) is 0 Å². The second-order valence-electron chi connectivity index (χ2n) is 7.25. The summed E-state index contributed by atoms with van der Waals surface area (Å²) < 4.78 is 0. The Morgan fingerprint density at radius 3 is 1.95 bits per heavy atom. The normalized spacial score (nSPS) is 18.6. The Morgan fingerprint density at radius 2 is 1.65 bits per heavy atom. The highest BCUT2D eigenvalue weighted by atomic mass is 15.2. The van der Waals surface area contributed by atoms with E-state index in [1.165, 1.54) is 25.7 Å². The molecule has 1 N–H and O–H groups in total. The fourth-order valence-corrected chi connectivity index (χ4v) is 2.68. The van der Waals surface area contributed by atoms with Gasteiger partial charge in [0.1, 0.15) is 5.54 Å². The Kier molecular flexibility index (Phi) is 6.99. The predicted octanol–water partition coefficient (Wildman–Crippen LogP) is 3.27. The van der Waals surface area contributed by atoms with Gasteiger partial charge in [-0.25, -0.2) is 0 Å². The molecule has 20 heavy (non-hydrogen) atoms. The zero-order valence-electron chi connectivity index (χ0n) is 14.1. The number of hydrogen-bond donors (Lipinski definition) is 1. The van der Waals surface area contributed by atoms with Crippen molar-refractivity contribution in [1.29, 1.82) is 5.26 Å². The summed E-state index contributed by atoms with van der Waals surface area (Å²) in [4.78, 5) is 2.51. The lowest BCUT2D eigenvalue weighted by molar-refractivity contribution is 0.185. The first-order valence-electron chi connectivity index (χ1n) is 8.26. The van der Waals surface area contributed by atoms with Gasteiger partial charge >= 0.3 is 0 Å². The Bertz CT molecular complexity index is 303. The molecule has 1 rings (SSSR count). The van der Waals surface area contributed by atoms with E-state index in [1.807, 2.05) is 7.05 Å². The van der Waals surface area contributed by atoms with E-state index in [2.05, 4.69) is 44.0 Å². The molecule has 1 aliphatic carbocycles. The molecule has 3 heteroatoms. The quantitative estimate of drug-likeness (QED) is 0.667. The lowest BCUT2D eigenvalue weighted by Gasteiger charge is -2.34. The predicted molar refractivity (Wildman–Crippen MR) is 85.5 cm³/mol. The van der Waals surface area contributed by atoms with Crippen LogP contribution in [0.2, 0.25) is 0 Å². The summed E-state index contributed by atoms with van der Waals surface area (Å²) in [5.41, 5.74) is -0.325. The third-order valence-electron chi connectivity index (χ3n) is 4.44. The van der Waals surface area contributed by atoms with Crippen LogP contribution in [0, 0.1) is 29.1 Å². The van der Waals surface area contributed by atoms with Crippen LogP contribution in [0.15, 0.2) is 0 Å². The molecule has 0 aromatic rings. The molecular weight excluding hydrogens is 246 g/mol. The zero-order valence-corrected chi connectivity index (χ0v) is 14.1. The average Bonchev–Trinajstić information content (AvgIpc) is 3.23. The van der Waals surface area contributed by atoms with Crippen LogP contribution in [-0.2, 0) is 0 Å². The smallest absolute Gasteiger partial charge is 0.122 e. The van der Waals surface area contributed by atoms with Crippen molar-refractivity contribution < 1.29 is 0 Å². The molecule has 0 radical (unpaired) electrons. The maximum absolute atomic E-state index is 9.65. The molecule has 0 aliphatic heterocycles. The first kappa shape index (κ1) is 17.5. The maximum atomic E-state index is 9.65. The first-order valence-corrected chi connectivity index (χ1v) is 8.26. The van der Waals surface area contributed by atoms with Gasteiger partial charge in [-0.3, -0.25) is 0 Å². The fraction of sp³-hybridized carbons (Fsp3) is 0.941. The van der Waals surface area contributed by atoms with Crippen molar-refractivity contribution >= 4 is 0 Å². The van der Waals surface area contributed by atoms with Crippen molar-refractivity contribution in [2.45, 2.75) is 58.9 Å². The number of rotatable bonds is 10. The summed E-state index contributed by atoms with van der Waals surface area (Å²) in [7, 11) is 1.95. The van der Waals surface area contributed by atoms with Crippen molar-refractivity contribution in [3.05, 3.63) is 0 Å². The maximum Gasteiger partial charge on any atom is 0.122 e. The highest BCUT2D eigenvalue weighted by Gasteiger charge is 2.45. The van der Waals surface area contributed by atoms with Crippen LogP contribution in [-0.4, -0.2) is 37.1 Å². The summed E-state index contributed by atoms with van der Waals surface area (Å²) in [5.74, 6) is 2.00. The minimum absolute atomic E-state index is 0.325. The van der Waals surface area contributed by atoms with Gasteiger partial charge in [-0.1, -0.05) is 27.7 Å². The van der Waals surface area contributed by atoms with Crippen molar-refractivity contribution in [2.75, 3.05) is 26.7 Å². The molecule has 1 unspecified atom stereocenters. The number of likely N-dealkylation sites (N-methyl/N-ethyl adjacent to an activating group) is 1. The Balaban J connectivity index is 2.63. The Labute approximate surface area is 125 Å². The van der Waals surface area contributed by atoms with Gasteiger partial charge in [-0.2, -0.15) is 5.26 Å². The van der Waals surface area contributed by atoms with Gasteiger partial charge in [0.15, 0.2) is 0 Å². The largest absolute Gasteiger partial charge is 0.301 e. The van der Waals surface area contributed by atoms with Gasteiger partial charge in [0.2, 0.25) is 0 Å². The summed E-state index contributed by atoms with van der Waals surface area (Å²) in [6, 6.07) is 2.58. The molecule has 3 nitrogen and oxygen atoms in total. The Morgan fingerprint density at radius 1 is 1.15 bits per heavy atom. The van der Waals surface area contributed by atoms with Gasteiger partial charge in [0, 0.05) is 6.54 Å². The lowest BCUT2D eigenvalue weighted by atomic mass is 9.93.